The van der Waals surface area contributed by atoms with Gasteiger partial charge >= 0.3 is 6.18 Å². The van der Waals surface area contributed by atoms with Crippen LogP contribution < -0.4 is 5.32 Å². The number of nitrogens with one attached hydrogen (secondary N) is 1. The molecule has 1 amide bonds. The van der Waals surface area contributed by atoms with Gasteiger partial charge in [-0.3, -0.25) is 4.79 Å². The van der Waals surface area contributed by atoms with Crippen molar-refractivity contribution in [3.05, 3.63) is 52.7 Å². The number of pyridine rings is 1. The lowest BCUT2D eigenvalue weighted by atomic mass is 10.2. The summed E-state index contributed by atoms with van der Waals surface area (Å²) in [4.78, 5) is 18.0. The fourth-order valence-corrected chi connectivity index (χ4v) is 2.43. The summed E-state index contributed by atoms with van der Waals surface area (Å²) in [5, 5.41) is 2.86. The molecule has 0 unspecified atom stereocenters. The largest absolute Gasteiger partial charge is 0.416 e. The molecule has 4 nitrogen and oxygen atoms in total. The first-order chi connectivity index (χ1) is 11.8. The molecule has 0 saturated carbocycles. The van der Waals surface area contributed by atoms with Gasteiger partial charge in [-0.25, -0.2) is 4.98 Å². The molecule has 1 aromatic carbocycles. The van der Waals surface area contributed by atoms with Gasteiger partial charge in [0, 0.05) is 24.8 Å². The summed E-state index contributed by atoms with van der Waals surface area (Å²) in [7, 11) is 0. The maximum absolute atomic E-state index is 12.8. The summed E-state index contributed by atoms with van der Waals surface area (Å²) in [5.41, 5.74) is -0.365. The van der Waals surface area contributed by atoms with Crippen LogP contribution in [-0.2, 0) is 6.18 Å². The van der Waals surface area contributed by atoms with Crippen LogP contribution in [0.25, 0.3) is 0 Å². The van der Waals surface area contributed by atoms with E-state index in [0.29, 0.717) is 18.7 Å². The first kappa shape index (κ1) is 19.1. The number of aromatic nitrogens is 1. The van der Waals surface area contributed by atoms with Gasteiger partial charge in [-0.1, -0.05) is 11.6 Å². The standard InChI is InChI=1S/C17H17ClF3N3O/c1-3-24(4-2)16(25)11-7-8-22-15(9-11)23-14-10-12(17(19,20)21)5-6-13(14)18/h5-10H,3-4H2,1-2H3,(H,22,23). The Bertz CT molecular complexity index is 761. The average molecular weight is 372 g/mol. The Balaban J connectivity index is 2.30. The van der Waals surface area contributed by atoms with Crippen LogP contribution in [0.1, 0.15) is 29.8 Å². The molecule has 0 aliphatic rings. The van der Waals surface area contributed by atoms with E-state index in [1.807, 2.05) is 13.8 Å². The fraction of sp³-hybridized carbons (Fsp3) is 0.294. The highest BCUT2D eigenvalue weighted by Gasteiger charge is 2.31. The highest BCUT2D eigenvalue weighted by molar-refractivity contribution is 6.33. The first-order valence-electron chi connectivity index (χ1n) is 7.65. The fourth-order valence-electron chi connectivity index (χ4n) is 2.26. The minimum Gasteiger partial charge on any atom is -0.339 e. The van der Waals surface area contributed by atoms with Crippen LogP contribution in [0.4, 0.5) is 24.7 Å². The van der Waals surface area contributed by atoms with Crippen LogP contribution in [0.15, 0.2) is 36.5 Å². The van der Waals surface area contributed by atoms with Crippen molar-refractivity contribution in [2.75, 3.05) is 18.4 Å². The molecule has 0 bridgehead atoms. The number of rotatable bonds is 5. The smallest absolute Gasteiger partial charge is 0.339 e. The Labute approximate surface area is 148 Å². The highest BCUT2D eigenvalue weighted by atomic mass is 35.5. The number of halogens is 4. The van der Waals surface area contributed by atoms with Gasteiger partial charge < -0.3 is 10.2 Å². The van der Waals surface area contributed by atoms with E-state index < -0.39 is 11.7 Å². The molecule has 0 spiro atoms. The average Bonchev–Trinajstić information content (AvgIpc) is 2.57. The minimum absolute atomic E-state index is 0.0661. The van der Waals surface area contributed by atoms with Crippen LogP contribution in [-0.4, -0.2) is 28.9 Å². The number of amides is 1. The molecule has 25 heavy (non-hydrogen) atoms. The second kappa shape index (κ2) is 7.74. The molecule has 0 aliphatic carbocycles. The molecule has 0 atom stereocenters. The number of carbonyl (C=O) groups excluding carboxylic acids is 1. The van der Waals surface area contributed by atoms with E-state index in [0.717, 1.165) is 18.2 Å². The molecule has 1 N–H and O–H groups in total. The molecular weight excluding hydrogens is 355 g/mol. The van der Waals surface area contributed by atoms with Crippen LogP contribution in [0, 0.1) is 0 Å². The van der Waals surface area contributed by atoms with Crippen molar-refractivity contribution in [1.82, 2.24) is 9.88 Å². The number of anilines is 2. The monoisotopic (exact) mass is 371 g/mol. The Morgan fingerprint density at radius 3 is 2.48 bits per heavy atom. The highest BCUT2D eigenvalue weighted by Crippen LogP contribution is 2.34. The second-order valence-corrected chi connectivity index (χ2v) is 5.63. The Morgan fingerprint density at radius 1 is 1.20 bits per heavy atom. The summed E-state index contributed by atoms with van der Waals surface area (Å²) in [6, 6.07) is 6.01. The van der Waals surface area contributed by atoms with Gasteiger partial charge in [-0.05, 0) is 44.2 Å². The van der Waals surface area contributed by atoms with Crippen LogP contribution in [0.5, 0.6) is 0 Å². The zero-order valence-electron chi connectivity index (χ0n) is 13.7. The number of hydrogen-bond acceptors (Lipinski definition) is 3. The van der Waals surface area contributed by atoms with E-state index in [2.05, 4.69) is 10.3 Å². The van der Waals surface area contributed by atoms with Gasteiger partial charge in [-0.2, -0.15) is 13.2 Å². The molecular formula is C17H17ClF3N3O. The molecule has 0 aliphatic heterocycles. The van der Waals surface area contributed by atoms with Crippen molar-refractivity contribution in [1.29, 1.82) is 0 Å². The summed E-state index contributed by atoms with van der Waals surface area (Å²) in [6.07, 6.45) is -3.06. The van der Waals surface area contributed by atoms with Crippen molar-refractivity contribution in [2.24, 2.45) is 0 Å². The van der Waals surface area contributed by atoms with Gasteiger partial charge in [-0.15, -0.1) is 0 Å². The van der Waals surface area contributed by atoms with Crippen molar-refractivity contribution in [2.45, 2.75) is 20.0 Å². The summed E-state index contributed by atoms with van der Waals surface area (Å²) in [5.74, 6) is 0.0600. The van der Waals surface area contributed by atoms with E-state index in [1.165, 1.54) is 12.3 Å². The van der Waals surface area contributed by atoms with Crippen LogP contribution >= 0.6 is 11.6 Å². The van der Waals surface area contributed by atoms with Crippen LogP contribution in [0.2, 0.25) is 5.02 Å². The normalized spacial score (nSPS) is 11.3. The number of benzene rings is 1. The number of nitrogens with zero attached hydrogens (tertiary/aromatic N) is 2. The molecule has 134 valence electrons. The lowest BCUT2D eigenvalue weighted by Crippen LogP contribution is -2.30. The third-order valence-corrected chi connectivity index (χ3v) is 3.94. The van der Waals surface area contributed by atoms with Crippen LogP contribution in [0.3, 0.4) is 0 Å². The quantitative estimate of drug-likeness (QED) is 0.806. The van der Waals surface area contributed by atoms with Gasteiger partial charge in [0.2, 0.25) is 0 Å². The van der Waals surface area contributed by atoms with Gasteiger partial charge in [0.15, 0.2) is 0 Å². The van der Waals surface area contributed by atoms with E-state index in [4.69, 9.17) is 11.6 Å². The van der Waals surface area contributed by atoms with Gasteiger partial charge in [0.1, 0.15) is 5.82 Å². The van der Waals surface area contributed by atoms with E-state index in [1.54, 1.807) is 11.0 Å². The summed E-state index contributed by atoms with van der Waals surface area (Å²) in [6.45, 7) is 4.84. The molecule has 8 heteroatoms. The Hall–Kier alpha value is -2.28. The lowest BCUT2D eigenvalue weighted by Gasteiger charge is -2.19. The topological polar surface area (TPSA) is 45.2 Å². The second-order valence-electron chi connectivity index (χ2n) is 5.22. The molecule has 1 aromatic heterocycles. The maximum Gasteiger partial charge on any atom is 0.416 e. The van der Waals surface area contributed by atoms with E-state index in [-0.39, 0.29) is 22.4 Å². The number of alkyl halides is 3. The third kappa shape index (κ3) is 4.63. The molecule has 0 fully saturated rings. The minimum atomic E-state index is -4.48. The van der Waals surface area contributed by atoms with Gasteiger partial charge in [0.05, 0.1) is 16.3 Å². The molecule has 1 heterocycles. The molecule has 0 saturated heterocycles. The maximum atomic E-state index is 12.8. The molecule has 0 radical (unpaired) electrons. The predicted octanol–water partition coefficient (Wildman–Crippen LogP) is 4.98. The number of hydrogen-bond donors (Lipinski definition) is 1. The Morgan fingerprint density at radius 2 is 1.88 bits per heavy atom. The van der Waals surface area contributed by atoms with Gasteiger partial charge in [0.25, 0.3) is 5.91 Å². The SMILES string of the molecule is CCN(CC)C(=O)c1ccnc(Nc2cc(C(F)(F)F)ccc2Cl)c1. The first-order valence-corrected chi connectivity index (χ1v) is 8.03. The molecule has 2 rings (SSSR count). The third-order valence-electron chi connectivity index (χ3n) is 3.61. The van der Waals surface area contributed by atoms with Crippen molar-refractivity contribution in [3.8, 4) is 0 Å². The molecule has 2 aromatic rings. The Kier molecular flexibility index (Phi) is 5.89. The zero-order valence-corrected chi connectivity index (χ0v) is 14.4. The van der Waals surface area contributed by atoms with Crippen molar-refractivity contribution >= 4 is 29.0 Å². The van der Waals surface area contributed by atoms with Crippen molar-refractivity contribution in [3.63, 3.8) is 0 Å². The predicted molar refractivity (Wildman–Crippen MR) is 91.2 cm³/mol. The van der Waals surface area contributed by atoms with E-state index in [9.17, 15) is 18.0 Å². The summed E-state index contributed by atoms with van der Waals surface area (Å²) >= 11 is 5.96. The van der Waals surface area contributed by atoms with Crippen molar-refractivity contribution < 1.29 is 18.0 Å². The lowest BCUT2D eigenvalue weighted by molar-refractivity contribution is -0.137. The zero-order chi connectivity index (χ0) is 18.6. The number of carbonyl (C=O) groups is 1. The summed E-state index contributed by atoms with van der Waals surface area (Å²) < 4.78 is 38.5. The van der Waals surface area contributed by atoms with E-state index >= 15 is 0 Å².